The minimum absolute atomic E-state index is 0.197. The highest BCUT2D eigenvalue weighted by atomic mass is 16.5. The van der Waals surface area contributed by atoms with E-state index >= 15 is 0 Å². The lowest BCUT2D eigenvalue weighted by atomic mass is 10.1. The third kappa shape index (κ3) is 3.61. The van der Waals surface area contributed by atoms with Crippen LogP contribution in [0.2, 0.25) is 0 Å². The lowest BCUT2D eigenvalue weighted by molar-refractivity contribution is 0.164. The highest BCUT2D eigenvalue weighted by molar-refractivity contribution is 5.95. The summed E-state index contributed by atoms with van der Waals surface area (Å²) in [6.45, 7) is 15.1. The maximum atomic E-state index is 13.4. The van der Waals surface area contributed by atoms with Crippen molar-refractivity contribution in [2.75, 3.05) is 0 Å². The number of hydrogen-bond acceptors (Lipinski definition) is 4. The van der Waals surface area contributed by atoms with Gasteiger partial charge in [0.25, 0.3) is 0 Å². The number of ether oxygens (including phenoxy) is 2. The highest BCUT2D eigenvalue weighted by Gasteiger charge is 2.22. The first-order valence-electron chi connectivity index (χ1n) is 8.81. The normalized spacial score (nSPS) is 12.1. The highest BCUT2D eigenvalue weighted by Crippen LogP contribution is 2.33. The van der Waals surface area contributed by atoms with Gasteiger partial charge in [-0.1, -0.05) is 25.3 Å². The van der Waals surface area contributed by atoms with E-state index in [0.717, 1.165) is 0 Å². The predicted octanol–water partition coefficient (Wildman–Crippen LogP) is 5.63. The van der Waals surface area contributed by atoms with Crippen molar-refractivity contribution in [1.29, 1.82) is 0 Å². The van der Waals surface area contributed by atoms with Crippen LogP contribution in [0.15, 0.2) is 70.9 Å². The van der Waals surface area contributed by atoms with Gasteiger partial charge < -0.3 is 13.9 Å². The van der Waals surface area contributed by atoms with Gasteiger partial charge in [-0.2, -0.15) is 0 Å². The van der Waals surface area contributed by atoms with Gasteiger partial charge in [0.2, 0.25) is 5.43 Å². The minimum atomic E-state index is -0.628. The van der Waals surface area contributed by atoms with Crippen LogP contribution in [0.5, 0.6) is 11.5 Å². The number of rotatable bonds is 6. The Morgan fingerprint density at radius 3 is 1.59 bits per heavy atom. The van der Waals surface area contributed by atoms with Crippen LogP contribution in [0, 0.1) is 0 Å². The van der Waals surface area contributed by atoms with Crippen molar-refractivity contribution in [2.24, 2.45) is 0 Å². The van der Waals surface area contributed by atoms with Gasteiger partial charge in [-0.15, -0.1) is 0 Å². The molecule has 27 heavy (non-hydrogen) atoms. The topological polar surface area (TPSA) is 48.7 Å². The second kappa shape index (κ2) is 6.62. The summed E-state index contributed by atoms with van der Waals surface area (Å²) in [7, 11) is 0. The minimum Gasteiger partial charge on any atom is -0.483 e. The molecule has 4 heteroatoms. The molecule has 0 unspecified atom stereocenters. The zero-order valence-corrected chi connectivity index (χ0v) is 16.2. The Labute approximate surface area is 158 Å². The maximum Gasteiger partial charge on any atom is 0.208 e. The molecule has 0 spiro atoms. The van der Waals surface area contributed by atoms with Crippen LogP contribution in [0.25, 0.3) is 21.9 Å². The van der Waals surface area contributed by atoms with E-state index in [1.54, 1.807) is 48.6 Å². The quantitative estimate of drug-likeness (QED) is 0.420. The monoisotopic (exact) mass is 364 g/mol. The molecule has 0 bridgehead atoms. The van der Waals surface area contributed by atoms with E-state index < -0.39 is 11.2 Å². The molecule has 4 nitrogen and oxygen atoms in total. The van der Waals surface area contributed by atoms with Gasteiger partial charge in [-0.25, -0.2) is 0 Å². The summed E-state index contributed by atoms with van der Waals surface area (Å²) in [4.78, 5) is 13.4. The standard InChI is InChI=1S/C23H24O4/c1-7-22(3,4)26-17-13-9-11-15-19(17)21(24)20-16(25-15)12-10-14-18(20)27-23(5,6)8-2/h7-14H,1-2H2,3-6H3. The average molecular weight is 364 g/mol. The Hall–Kier alpha value is -3.01. The summed E-state index contributed by atoms with van der Waals surface area (Å²) in [5, 5.41) is 0.764. The van der Waals surface area contributed by atoms with Crippen molar-refractivity contribution >= 4 is 21.9 Å². The molecule has 3 aromatic rings. The summed E-state index contributed by atoms with van der Waals surface area (Å²) in [5.41, 5.74) is -0.528. The fraction of sp³-hybridized carbons (Fsp3) is 0.261. The molecule has 0 aliphatic rings. The van der Waals surface area contributed by atoms with Crippen molar-refractivity contribution in [3.8, 4) is 11.5 Å². The summed E-state index contributed by atoms with van der Waals surface area (Å²) in [6.07, 6.45) is 3.38. The zero-order chi connectivity index (χ0) is 19.8. The van der Waals surface area contributed by atoms with Crippen molar-refractivity contribution < 1.29 is 13.9 Å². The van der Waals surface area contributed by atoms with E-state index in [0.29, 0.717) is 33.4 Å². The molecule has 0 amide bonds. The molecule has 140 valence electrons. The molecule has 0 fully saturated rings. The van der Waals surface area contributed by atoms with Gasteiger partial charge in [-0.3, -0.25) is 4.79 Å². The Kier molecular flexibility index (Phi) is 4.60. The first-order valence-corrected chi connectivity index (χ1v) is 8.81. The molecule has 2 aromatic carbocycles. The van der Waals surface area contributed by atoms with Crippen LogP contribution in [0.1, 0.15) is 27.7 Å². The lowest BCUT2D eigenvalue weighted by Crippen LogP contribution is -2.26. The molecule has 0 saturated carbocycles. The van der Waals surface area contributed by atoms with Crippen LogP contribution >= 0.6 is 0 Å². The molecule has 3 rings (SSSR count). The number of benzene rings is 2. The van der Waals surface area contributed by atoms with Crippen LogP contribution < -0.4 is 14.9 Å². The molecular formula is C23H24O4. The zero-order valence-electron chi connectivity index (χ0n) is 16.2. The van der Waals surface area contributed by atoms with Crippen molar-refractivity contribution in [1.82, 2.24) is 0 Å². The van der Waals surface area contributed by atoms with Gasteiger partial charge >= 0.3 is 0 Å². The van der Waals surface area contributed by atoms with Gasteiger partial charge in [0, 0.05) is 0 Å². The van der Waals surface area contributed by atoms with Crippen LogP contribution in [0.4, 0.5) is 0 Å². The fourth-order valence-electron chi connectivity index (χ4n) is 2.70. The summed E-state index contributed by atoms with van der Waals surface area (Å²) in [5.74, 6) is 0.900. The van der Waals surface area contributed by atoms with Crippen molar-refractivity contribution in [2.45, 2.75) is 38.9 Å². The van der Waals surface area contributed by atoms with E-state index in [1.165, 1.54) is 0 Å². The Morgan fingerprint density at radius 1 is 0.815 bits per heavy atom. The van der Waals surface area contributed by atoms with Crippen LogP contribution in [-0.2, 0) is 0 Å². The Morgan fingerprint density at radius 2 is 1.22 bits per heavy atom. The van der Waals surface area contributed by atoms with Crippen LogP contribution in [0.3, 0.4) is 0 Å². The second-order valence-corrected chi connectivity index (χ2v) is 7.51. The van der Waals surface area contributed by atoms with Gasteiger partial charge in [-0.05, 0) is 64.1 Å². The molecule has 0 radical (unpaired) electrons. The van der Waals surface area contributed by atoms with Crippen LogP contribution in [-0.4, -0.2) is 11.2 Å². The Balaban J connectivity index is 2.32. The first kappa shape index (κ1) is 18.8. The van der Waals surface area contributed by atoms with Gasteiger partial charge in [0.15, 0.2) is 0 Å². The molecule has 0 atom stereocenters. The largest absolute Gasteiger partial charge is 0.483 e. The summed E-state index contributed by atoms with van der Waals surface area (Å²) in [6, 6.07) is 10.6. The van der Waals surface area contributed by atoms with E-state index in [4.69, 9.17) is 13.9 Å². The SMILES string of the molecule is C=CC(C)(C)Oc1cccc2oc3cccc(OC(C)(C)C=C)c3c(=O)c12. The predicted molar refractivity (Wildman–Crippen MR) is 110 cm³/mol. The van der Waals surface area contributed by atoms with E-state index in [2.05, 4.69) is 13.2 Å². The van der Waals surface area contributed by atoms with Gasteiger partial charge in [0.05, 0.1) is 0 Å². The summed E-state index contributed by atoms with van der Waals surface area (Å²) >= 11 is 0. The van der Waals surface area contributed by atoms with E-state index in [-0.39, 0.29) is 5.43 Å². The fourth-order valence-corrected chi connectivity index (χ4v) is 2.70. The van der Waals surface area contributed by atoms with E-state index in [1.807, 2.05) is 27.7 Å². The summed E-state index contributed by atoms with van der Waals surface area (Å²) < 4.78 is 18.0. The van der Waals surface area contributed by atoms with Crippen molar-refractivity contribution in [3.05, 3.63) is 71.9 Å². The van der Waals surface area contributed by atoms with Crippen molar-refractivity contribution in [3.63, 3.8) is 0 Å². The number of fused-ring (bicyclic) bond motifs is 2. The Bertz CT molecular complexity index is 1000. The molecule has 1 heterocycles. The first-order chi connectivity index (χ1) is 12.7. The second-order valence-electron chi connectivity index (χ2n) is 7.51. The lowest BCUT2D eigenvalue weighted by Gasteiger charge is -2.24. The number of hydrogen-bond donors (Lipinski definition) is 0. The molecule has 0 saturated heterocycles. The molecule has 1 aromatic heterocycles. The maximum absolute atomic E-state index is 13.4. The third-order valence-corrected chi connectivity index (χ3v) is 4.38. The molecule has 0 aliphatic carbocycles. The molecular weight excluding hydrogens is 340 g/mol. The third-order valence-electron chi connectivity index (χ3n) is 4.38. The van der Waals surface area contributed by atoms with E-state index in [9.17, 15) is 4.79 Å². The smallest absolute Gasteiger partial charge is 0.208 e. The average Bonchev–Trinajstić information content (AvgIpc) is 2.61. The van der Waals surface area contributed by atoms with Gasteiger partial charge in [0.1, 0.15) is 44.6 Å². The molecule has 0 aliphatic heterocycles. The molecule has 0 N–H and O–H groups in total.